The number of carbonyl (C=O) groups is 1. The third-order valence-corrected chi connectivity index (χ3v) is 3.37. The molecular formula is C12H14N6O2. The minimum atomic E-state index is -0.881. The highest BCUT2D eigenvalue weighted by Crippen LogP contribution is 2.20. The SMILES string of the molecule is Nc1ncnc2ccc(N3CCN(C(=O)O)CC3)nc12. The third-order valence-electron chi connectivity index (χ3n) is 3.37. The van der Waals surface area contributed by atoms with Gasteiger partial charge in [-0.15, -0.1) is 0 Å². The number of fused-ring (bicyclic) bond motifs is 1. The number of pyridine rings is 1. The number of piperazine rings is 1. The van der Waals surface area contributed by atoms with Gasteiger partial charge in [-0.3, -0.25) is 0 Å². The first kappa shape index (κ1) is 12.4. The number of hydrogen-bond acceptors (Lipinski definition) is 6. The van der Waals surface area contributed by atoms with Crippen LogP contribution in [0.15, 0.2) is 18.5 Å². The van der Waals surface area contributed by atoms with Crippen molar-refractivity contribution in [3.05, 3.63) is 18.5 Å². The number of nitrogen functional groups attached to an aromatic ring is 1. The van der Waals surface area contributed by atoms with Crippen LogP contribution in [-0.4, -0.2) is 57.2 Å². The van der Waals surface area contributed by atoms with Gasteiger partial charge >= 0.3 is 6.09 Å². The van der Waals surface area contributed by atoms with Crippen molar-refractivity contribution in [1.29, 1.82) is 0 Å². The molecule has 0 saturated carbocycles. The Morgan fingerprint density at radius 1 is 1.20 bits per heavy atom. The minimum absolute atomic E-state index is 0.348. The van der Waals surface area contributed by atoms with Crippen LogP contribution >= 0.6 is 0 Å². The first-order chi connectivity index (χ1) is 9.65. The number of aromatic nitrogens is 3. The largest absolute Gasteiger partial charge is 0.465 e. The second-order valence-corrected chi connectivity index (χ2v) is 4.55. The lowest BCUT2D eigenvalue weighted by Crippen LogP contribution is -2.48. The molecule has 0 spiro atoms. The predicted octanol–water partition coefficient (Wildman–Crippen LogP) is 0.407. The Morgan fingerprint density at radius 3 is 2.65 bits per heavy atom. The fourth-order valence-corrected chi connectivity index (χ4v) is 2.25. The molecule has 3 heterocycles. The van der Waals surface area contributed by atoms with E-state index in [4.69, 9.17) is 10.8 Å². The number of hydrogen-bond donors (Lipinski definition) is 2. The molecule has 1 fully saturated rings. The van der Waals surface area contributed by atoms with E-state index in [1.807, 2.05) is 17.0 Å². The molecule has 3 N–H and O–H groups in total. The fourth-order valence-electron chi connectivity index (χ4n) is 2.25. The van der Waals surface area contributed by atoms with Gasteiger partial charge < -0.3 is 20.6 Å². The van der Waals surface area contributed by atoms with Crippen molar-refractivity contribution in [2.45, 2.75) is 0 Å². The standard InChI is InChI=1S/C12H14N6O2/c13-11-10-8(14-7-15-11)1-2-9(16-10)17-3-5-18(6-4-17)12(19)20/h1-2,7H,3-6H2,(H,19,20)(H2,13,14,15). The maximum absolute atomic E-state index is 10.9. The Morgan fingerprint density at radius 2 is 1.95 bits per heavy atom. The Balaban J connectivity index is 1.85. The third kappa shape index (κ3) is 2.15. The van der Waals surface area contributed by atoms with E-state index in [1.165, 1.54) is 11.2 Å². The molecule has 2 aromatic rings. The van der Waals surface area contributed by atoms with Crippen LogP contribution in [0.25, 0.3) is 11.0 Å². The van der Waals surface area contributed by atoms with Gasteiger partial charge in [-0.05, 0) is 12.1 Å². The number of amides is 1. The number of rotatable bonds is 1. The maximum atomic E-state index is 10.9. The highest BCUT2D eigenvalue weighted by molar-refractivity contribution is 5.84. The first-order valence-corrected chi connectivity index (χ1v) is 6.25. The monoisotopic (exact) mass is 274 g/mol. The van der Waals surface area contributed by atoms with Gasteiger partial charge in [-0.1, -0.05) is 0 Å². The molecule has 0 atom stereocenters. The van der Waals surface area contributed by atoms with Crippen molar-refractivity contribution in [1.82, 2.24) is 19.9 Å². The number of carboxylic acid groups (broad SMARTS) is 1. The van der Waals surface area contributed by atoms with E-state index in [9.17, 15) is 4.79 Å². The van der Waals surface area contributed by atoms with E-state index in [0.29, 0.717) is 43.0 Å². The smallest absolute Gasteiger partial charge is 0.407 e. The Labute approximate surface area is 114 Å². The lowest BCUT2D eigenvalue weighted by molar-refractivity contribution is 0.142. The Hall–Kier alpha value is -2.64. The summed E-state index contributed by atoms with van der Waals surface area (Å²) in [6.45, 7) is 2.16. The Kier molecular flexibility index (Phi) is 2.97. The lowest BCUT2D eigenvalue weighted by Gasteiger charge is -2.33. The molecule has 0 aliphatic carbocycles. The summed E-state index contributed by atoms with van der Waals surface area (Å²) in [6.07, 6.45) is 0.527. The molecule has 1 aliphatic heterocycles. The molecule has 2 aromatic heterocycles. The molecule has 8 nitrogen and oxygen atoms in total. The van der Waals surface area contributed by atoms with Gasteiger partial charge in [-0.25, -0.2) is 19.7 Å². The molecule has 0 aromatic carbocycles. The zero-order chi connectivity index (χ0) is 14.1. The van der Waals surface area contributed by atoms with Gasteiger partial charge in [0.05, 0.1) is 5.52 Å². The molecule has 1 amide bonds. The van der Waals surface area contributed by atoms with Gasteiger partial charge in [0, 0.05) is 26.2 Å². The van der Waals surface area contributed by atoms with Crippen LogP contribution in [0, 0.1) is 0 Å². The molecule has 104 valence electrons. The van der Waals surface area contributed by atoms with E-state index in [2.05, 4.69) is 15.0 Å². The Bertz CT molecular complexity index is 653. The summed E-state index contributed by atoms with van der Waals surface area (Å²) in [5, 5.41) is 8.93. The second-order valence-electron chi connectivity index (χ2n) is 4.55. The van der Waals surface area contributed by atoms with Crippen LogP contribution < -0.4 is 10.6 Å². The van der Waals surface area contributed by atoms with Crippen LogP contribution in [0.3, 0.4) is 0 Å². The molecule has 8 heteroatoms. The maximum Gasteiger partial charge on any atom is 0.407 e. The highest BCUT2D eigenvalue weighted by Gasteiger charge is 2.21. The van der Waals surface area contributed by atoms with E-state index >= 15 is 0 Å². The molecule has 20 heavy (non-hydrogen) atoms. The molecule has 0 bridgehead atoms. The average molecular weight is 274 g/mol. The van der Waals surface area contributed by atoms with Crippen LogP contribution in [0.1, 0.15) is 0 Å². The van der Waals surface area contributed by atoms with Gasteiger partial charge in [0.15, 0.2) is 5.82 Å². The quantitative estimate of drug-likeness (QED) is 0.775. The van der Waals surface area contributed by atoms with Crippen molar-refractivity contribution in [2.24, 2.45) is 0 Å². The number of anilines is 2. The first-order valence-electron chi connectivity index (χ1n) is 6.25. The van der Waals surface area contributed by atoms with Gasteiger partial charge in [-0.2, -0.15) is 0 Å². The molecular weight excluding hydrogens is 260 g/mol. The summed E-state index contributed by atoms with van der Waals surface area (Å²) in [4.78, 5) is 26.8. The summed E-state index contributed by atoms with van der Waals surface area (Å²) < 4.78 is 0. The summed E-state index contributed by atoms with van der Waals surface area (Å²) >= 11 is 0. The van der Waals surface area contributed by atoms with Gasteiger partial charge in [0.1, 0.15) is 17.7 Å². The van der Waals surface area contributed by atoms with Crippen molar-refractivity contribution in [3.63, 3.8) is 0 Å². The van der Waals surface area contributed by atoms with Crippen molar-refractivity contribution < 1.29 is 9.90 Å². The topological polar surface area (TPSA) is 108 Å². The molecule has 3 rings (SSSR count). The average Bonchev–Trinajstić information content (AvgIpc) is 2.47. The van der Waals surface area contributed by atoms with Crippen molar-refractivity contribution >= 4 is 28.8 Å². The normalized spacial score (nSPS) is 15.6. The van der Waals surface area contributed by atoms with Crippen molar-refractivity contribution in [2.75, 3.05) is 36.8 Å². The van der Waals surface area contributed by atoms with Crippen LogP contribution in [-0.2, 0) is 0 Å². The zero-order valence-corrected chi connectivity index (χ0v) is 10.7. The summed E-state index contributed by atoms with van der Waals surface area (Å²) in [5.41, 5.74) is 7.07. The van der Waals surface area contributed by atoms with Crippen LogP contribution in [0.4, 0.5) is 16.4 Å². The summed E-state index contributed by atoms with van der Waals surface area (Å²) in [5.74, 6) is 1.12. The number of nitrogens with two attached hydrogens (primary N) is 1. The predicted molar refractivity (Wildman–Crippen MR) is 73.6 cm³/mol. The van der Waals surface area contributed by atoms with Crippen LogP contribution in [0.5, 0.6) is 0 Å². The summed E-state index contributed by atoms with van der Waals surface area (Å²) in [7, 11) is 0. The number of nitrogens with zero attached hydrogens (tertiary/aromatic N) is 5. The molecule has 1 saturated heterocycles. The van der Waals surface area contributed by atoms with Gasteiger partial charge in [0.25, 0.3) is 0 Å². The zero-order valence-electron chi connectivity index (χ0n) is 10.7. The molecule has 0 radical (unpaired) electrons. The minimum Gasteiger partial charge on any atom is -0.465 e. The molecule has 0 unspecified atom stereocenters. The fraction of sp³-hybridized carbons (Fsp3) is 0.333. The second kappa shape index (κ2) is 4.80. The van der Waals surface area contributed by atoms with E-state index in [0.717, 1.165) is 5.82 Å². The van der Waals surface area contributed by atoms with Crippen LogP contribution in [0.2, 0.25) is 0 Å². The molecule has 1 aliphatic rings. The van der Waals surface area contributed by atoms with E-state index in [-0.39, 0.29) is 0 Å². The van der Waals surface area contributed by atoms with E-state index in [1.54, 1.807) is 0 Å². The van der Waals surface area contributed by atoms with E-state index < -0.39 is 6.09 Å². The van der Waals surface area contributed by atoms with Gasteiger partial charge in [0.2, 0.25) is 0 Å². The van der Waals surface area contributed by atoms with Crippen molar-refractivity contribution in [3.8, 4) is 0 Å². The highest BCUT2D eigenvalue weighted by atomic mass is 16.4. The lowest BCUT2D eigenvalue weighted by atomic mass is 10.3. The summed E-state index contributed by atoms with van der Waals surface area (Å²) in [6, 6.07) is 3.71.